The molecule has 0 amide bonds. The molecule has 0 radical (unpaired) electrons. The Hall–Kier alpha value is -1.59. The van der Waals surface area contributed by atoms with E-state index in [1.165, 1.54) is 7.11 Å². The van der Waals surface area contributed by atoms with Crippen LogP contribution in [0.1, 0.15) is 12.5 Å². The fourth-order valence-electron chi connectivity index (χ4n) is 2.48. The summed E-state index contributed by atoms with van der Waals surface area (Å²) in [7, 11) is 1.42. The van der Waals surface area contributed by atoms with E-state index in [2.05, 4.69) is 4.90 Å². The lowest BCUT2D eigenvalue weighted by atomic mass is 10.0. The lowest BCUT2D eigenvalue weighted by Crippen LogP contribution is -2.38. The molecule has 1 aliphatic heterocycles. The minimum atomic E-state index is -0.175. The summed E-state index contributed by atoms with van der Waals surface area (Å²) in [6.45, 7) is 7.06. The number of ether oxygens (including phenoxy) is 3. The van der Waals surface area contributed by atoms with Gasteiger partial charge >= 0.3 is 5.97 Å². The topological polar surface area (TPSA) is 48.0 Å². The van der Waals surface area contributed by atoms with Gasteiger partial charge in [-0.15, -0.1) is 0 Å². The highest BCUT2D eigenvalue weighted by molar-refractivity contribution is 5.72. The minimum absolute atomic E-state index is 0.127. The molecule has 1 fully saturated rings. The van der Waals surface area contributed by atoms with Crippen LogP contribution in [0.3, 0.4) is 0 Å². The van der Waals surface area contributed by atoms with Gasteiger partial charge in [-0.3, -0.25) is 9.69 Å². The summed E-state index contributed by atoms with van der Waals surface area (Å²) < 4.78 is 15.8. The first kappa shape index (κ1) is 16.8. The van der Waals surface area contributed by atoms with E-state index in [1.807, 2.05) is 31.2 Å². The normalized spacial score (nSPS) is 17.0. The third kappa shape index (κ3) is 5.31. The molecule has 0 aliphatic carbocycles. The molecule has 5 heteroatoms. The van der Waals surface area contributed by atoms with Crippen molar-refractivity contribution in [2.45, 2.75) is 13.3 Å². The zero-order valence-electron chi connectivity index (χ0n) is 13.4. The number of morpholine rings is 1. The van der Waals surface area contributed by atoms with Gasteiger partial charge in [-0.25, -0.2) is 0 Å². The second-order valence-electron chi connectivity index (χ2n) is 5.57. The number of methoxy groups -OCH3 is 1. The van der Waals surface area contributed by atoms with E-state index in [0.717, 1.165) is 44.2 Å². The number of benzene rings is 1. The molecule has 1 aromatic carbocycles. The number of carbonyl (C=O) groups excluding carboxylic acids is 1. The summed E-state index contributed by atoms with van der Waals surface area (Å²) in [4.78, 5) is 13.8. The highest BCUT2D eigenvalue weighted by Crippen LogP contribution is 2.16. The predicted octanol–water partition coefficient (Wildman–Crippen LogP) is 1.75. The van der Waals surface area contributed by atoms with Gasteiger partial charge in [0.2, 0.25) is 0 Å². The van der Waals surface area contributed by atoms with Crippen LogP contribution in [0.15, 0.2) is 24.3 Å². The number of rotatable bonds is 7. The monoisotopic (exact) mass is 307 g/mol. The van der Waals surface area contributed by atoms with Crippen LogP contribution in [0, 0.1) is 5.92 Å². The summed E-state index contributed by atoms with van der Waals surface area (Å²) in [5, 5.41) is 0. The number of hydrogen-bond acceptors (Lipinski definition) is 5. The standard InChI is InChI=1S/C17H25NO4/c1-14(17(19)20-2)13-15-3-5-16(6-4-15)22-12-9-18-7-10-21-11-8-18/h3-6,14H,7-13H2,1-2H3/t14-/m1/s1. The summed E-state index contributed by atoms with van der Waals surface area (Å²) >= 11 is 0. The van der Waals surface area contributed by atoms with Gasteiger partial charge in [-0.1, -0.05) is 19.1 Å². The first-order chi connectivity index (χ1) is 10.7. The summed E-state index contributed by atoms with van der Waals surface area (Å²) in [5.74, 6) is 0.562. The molecule has 0 N–H and O–H groups in total. The van der Waals surface area contributed by atoms with Gasteiger partial charge in [0.25, 0.3) is 0 Å². The minimum Gasteiger partial charge on any atom is -0.492 e. The van der Waals surface area contributed by atoms with Crippen LogP contribution in [0.5, 0.6) is 5.75 Å². The Kier molecular flexibility index (Phi) is 6.68. The third-order valence-electron chi connectivity index (χ3n) is 3.85. The molecular weight excluding hydrogens is 282 g/mol. The number of nitrogens with zero attached hydrogens (tertiary/aromatic N) is 1. The van der Waals surface area contributed by atoms with Crippen molar-refractivity contribution in [1.82, 2.24) is 4.90 Å². The Morgan fingerprint density at radius 1 is 1.27 bits per heavy atom. The zero-order chi connectivity index (χ0) is 15.8. The molecule has 0 unspecified atom stereocenters. The van der Waals surface area contributed by atoms with E-state index < -0.39 is 0 Å². The molecule has 0 bridgehead atoms. The smallest absolute Gasteiger partial charge is 0.308 e. The van der Waals surface area contributed by atoms with Crippen molar-refractivity contribution in [1.29, 1.82) is 0 Å². The summed E-state index contributed by atoms with van der Waals surface area (Å²) in [5.41, 5.74) is 1.11. The molecular formula is C17H25NO4. The fraction of sp³-hybridized carbons (Fsp3) is 0.588. The maximum atomic E-state index is 11.4. The molecule has 1 atom stereocenters. The number of esters is 1. The van der Waals surface area contributed by atoms with Crippen molar-refractivity contribution in [2.24, 2.45) is 5.92 Å². The van der Waals surface area contributed by atoms with Gasteiger partial charge in [0, 0.05) is 19.6 Å². The quantitative estimate of drug-likeness (QED) is 0.718. The van der Waals surface area contributed by atoms with Crippen molar-refractivity contribution in [3.05, 3.63) is 29.8 Å². The Morgan fingerprint density at radius 3 is 2.59 bits per heavy atom. The molecule has 1 saturated heterocycles. The van der Waals surface area contributed by atoms with Crippen LogP contribution in [0.4, 0.5) is 0 Å². The largest absolute Gasteiger partial charge is 0.492 e. The van der Waals surface area contributed by atoms with Gasteiger partial charge in [0.05, 0.1) is 26.2 Å². The highest BCUT2D eigenvalue weighted by Gasteiger charge is 2.13. The molecule has 2 rings (SSSR count). The highest BCUT2D eigenvalue weighted by atomic mass is 16.5. The Morgan fingerprint density at radius 2 is 1.95 bits per heavy atom. The molecule has 1 aliphatic rings. The third-order valence-corrected chi connectivity index (χ3v) is 3.85. The van der Waals surface area contributed by atoms with E-state index in [0.29, 0.717) is 13.0 Å². The second-order valence-corrected chi connectivity index (χ2v) is 5.57. The first-order valence-electron chi connectivity index (χ1n) is 7.78. The van der Waals surface area contributed by atoms with E-state index in [9.17, 15) is 4.79 Å². The predicted molar refractivity (Wildman–Crippen MR) is 84.1 cm³/mol. The molecule has 1 heterocycles. The molecule has 0 spiro atoms. The van der Waals surface area contributed by atoms with Crippen LogP contribution in [0.25, 0.3) is 0 Å². The van der Waals surface area contributed by atoms with Crippen molar-refractivity contribution in [2.75, 3.05) is 46.6 Å². The molecule has 122 valence electrons. The van der Waals surface area contributed by atoms with Gasteiger partial charge in [-0.2, -0.15) is 0 Å². The Labute approximate surface area is 132 Å². The molecule has 1 aromatic rings. The average molecular weight is 307 g/mol. The van der Waals surface area contributed by atoms with E-state index in [4.69, 9.17) is 14.2 Å². The number of hydrogen-bond donors (Lipinski definition) is 0. The molecule has 22 heavy (non-hydrogen) atoms. The van der Waals surface area contributed by atoms with Crippen molar-refractivity contribution >= 4 is 5.97 Å². The van der Waals surface area contributed by atoms with E-state index >= 15 is 0 Å². The van der Waals surface area contributed by atoms with E-state index in [-0.39, 0.29) is 11.9 Å². The lowest BCUT2D eigenvalue weighted by Gasteiger charge is -2.26. The number of carbonyl (C=O) groups is 1. The maximum Gasteiger partial charge on any atom is 0.308 e. The summed E-state index contributed by atoms with van der Waals surface area (Å²) in [6.07, 6.45) is 0.681. The molecule has 0 saturated carbocycles. The van der Waals surface area contributed by atoms with Gasteiger partial charge in [-0.05, 0) is 24.1 Å². The van der Waals surface area contributed by atoms with Crippen LogP contribution in [0.2, 0.25) is 0 Å². The van der Waals surface area contributed by atoms with E-state index in [1.54, 1.807) is 0 Å². The van der Waals surface area contributed by atoms with Crippen molar-refractivity contribution in [3.8, 4) is 5.75 Å². The van der Waals surface area contributed by atoms with Crippen LogP contribution < -0.4 is 4.74 Å². The second kappa shape index (κ2) is 8.76. The van der Waals surface area contributed by atoms with Crippen molar-refractivity contribution < 1.29 is 19.0 Å². The van der Waals surface area contributed by atoms with Crippen molar-refractivity contribution in [3.63, 3.8) is 0 Å². The van der Waals surface area contributed by atoms with Crippen LogP contribution in [-0.2, 0) is 20.7 Å². The SMILES string of the molecule is COC(=O)[C@H](C)Cc1ccc(OCCN2CCOCC2)cc1. The zero-order valence-corrected chi connectivity index (χ0v) is 13.4. The lowest BCUT2D eigenvalue weighted by molar-refractivity contribution is -0.144. The molecule has 0 aromatic heterocycles. The molecule has 5 nitrogen and oxygen atoms in total. The van der Waals surface area contributed by atoms with Crippen LogP contribution in [-0.4, -0.2) is 57.4 Å². The van der Waals surface area contributed by atoms with Gasteiger partial charge in [0.15, 0.2) is 0 Å². The van der Waals surface area contributed by atoms with Gasteiger partial charge in [0.1, 0.15) is 12.4 Å². The van der Waals surface area contributed by atoms with Gasteiger partial charge < -0.3 is 14.2 Å². The fourth-order valence-corrected chi connectivity index (χ4v) is 2.48. The summed E-state index contributed by atoms with van der Waals surface area (Å²) in [6, 6.07) is 7.92. The Bertz CT molecular complexity index is 454. The Balaban J connectivity index is 1.73. The first-order valence-corrected chi connectivity index (χ1v) is 7.78. The average Bonchev–Trinajstić information content (AvgIpc) is 2.56. The van der Waals surface area contributed by atoms with Crippen LogP contribution >= 0.6 is 0 Å². The maximum absolute atomic E-state index is 11.4.